The van der Waals surface area contributed by atoms with Gasteiger partial charge in [0.2, 0.25) is 0 Å². The highest BCUT2D eigenvalue weighted by atomic mass is 32.1. The van der Waals surface area contributed by atoms with E-state index in [-0.39, 0.29) is 12.1 Å². The second-order valence-electron chi connectivity index (χ2n) is 5.35. The lowest BCUT2D eigenvalue weighted by molar-refractivity contribution is 0.0523. The highest BCUT2D eigenvalue weighted by molar-refractivity contribution is 7.09. The van der Waals surface area contributed by atoms with Crippen LogP contribution in [0.25, 0.3) is 0 Å². The molecule has 2 rings (SSSR count). The van der Waals surface area contributed by atoms with Crippen molar-refractivity contribution in [3.05, 3.63) is 22.4 Å². The average Bonchev–Trinajstić information content (AvgIpc) is 2.80. The minimum atomic E-state index is -0.224. The lowest BCUT2D eigenvalue weighted by Gasteiger charge is -2.31. The number of thiophene rings is 1. The molecule has 1 aliphatic heterocycles. The highest BCUT2D eigenvalue weighted by Crippen LogP contribution is 2.17. The summed E-state index contributed by atoms with van der Waals surface area (Å²) in [6.45, 7) is 3.20. The van der Waals surface area contributed by atoms with E-state index in [2.05, 4.69) is 41.4 Å². The van der Waals surface area contributed by atoms with Gasteiger partial charge in [0.1, 0.15) is 0 Å². The molecule has 0 aromatic carbocycles. The number of aliphatic hydroxyl groups excluding tert-OH is 1. The molecule has 1 aromatic heterocycles. The third-order valence-electron chi connectivity index (χ3n) is 3.83. The number of nitrogens with zero attached hydrogens (tertiary/aromatic N) is 2. The van der Waals surface area contributed by atoms with Gasteiger partial charge in [-0.2, -0.15) is 0 Å². The van der Waals surface area contributed by atoms with Crippen molar-refractivity contribution in [3.63, 3.8) is 0 Å². The van der Waals surface area contributed by atoms with Gasteiger partial charge in [0.25, 0.3) is 0 Å². The monoisotopic (exact) mass is 268 g/mol. The molecule has 4 heteroatoms. The van der Waals surface area contributed by atoms with Crippen molar-refractivity contribution in [2.45, 2.75) is 31.4 Å². The van der Waals surface area contributed by atoms with E-state index in [0.717, 1.165) is 32.5 Å². The van der Waals surface area contributed by atoms with Gasteiger partial charge in [-0.3, -0.25) is 4.90 Å². The first kappa shape index (κ1) is 14.0. The van der Waals surface area contributed by atoms with Gasteiger partial charge in [-0.15, -0.1) is 11.3 Å². The van der Waals surface area contributed by atoms with E-state index in [1.165, 1.54) is 11.3 Å². The van der Waals surface area contributed by atoms with Crippen molar-refractivity contribution in [3.8, 4) is 0 Å². The predicted octanol–water partition coefficient (Wildman–Crippen LogP) is 1.68. The summed E-state index contributed by atoms with van der Waals surface area (Å²) < 4.78 is 0. The maximum atomic E-state index is 10.4. The van der Waals surface area contributed by atoms with Crippen molar-refractivity contribution in [1.29, 1.82) is 0 Å². The van der Waals surface area contributed by atoms with E-state index in [1.807, 2.05) is 0 Å². The van der Waals surface area contributed by atoms with Crippen molar-refractivity contribution in [2.75, 3.05) is 33.7 Å². The summed E-state index contributed by atoms with van der Waals surface area (Å²) in [5, 5.41) is 12.5. The maximum absolute atomic E-state index is 10.4. The van der Waals surface area contributed by atoms with E-state index in [4.69, 9.17) is 0 Å². The van der Waals surface area contributed by atoms with Crippen LogP contribution in [0.1, 0.15) is 17.7 Å². The maximum Gasteiger partial charge on any atom is 0.0711 e. The van der Waals surface area contributed by atoms with E-state index in [1.54, 1.807) is 11.3 Å². The Labute approximate surface area is 114 Å². The minimum absolute atomic E-state index is 0.224. The molecule has 1 saturated heterocycles. The fourth-order valence-corrected chi connectivity index (χ4v) is 3.38. The minimum Gasteiger partial charge on any atom is -0.391 e. The molecule has 2 heterocycles. The van der Waals surface area contributed by atoms with Crippen LogP contribution in [0.2, 0.25) is 0 Å². The molecule has 0 aliphatic carbocycles. The molecule has 0 spiro atoms. The van der Waals surface area contributed by atoms with E-state index in [9.17, 15) is 5.11 Å². The fourth-order valence-electron chi connectivity index (χ4n) is 2.66. The van der Waals surface area contributed by atoms with Gasteiger partial charge in [-0.25, -0.2) is 0 Å². The Morgan fingerprint density at radius 3 is 3.00 bits per heavy atom. The molecule has 0 bridgehead atoms. The second kappa shape index (κ2) is 6.66. The Morgan fingerprint density at radius 1 is 1.44 bits per heavy atom. The molecular weight excluding hydrogens is 244 g/mol. The van der Waals surface area contributed by atoms with Crippen LogP contribution in [0.4, 0.5) is 0 Å². The smallest absolute Gasteiger partial charge is 0.0711 e. The van der Waals surface area contributed by atoms with Gasteiger partial charge in [0, 0.05) is 17.5 Å². The van der Waals surface area contributed by atoms with Crippen LogP contribution in [-0.4, -0.2) is 60.8 Å². The molecular formula is C14H24N2OS. The van der Waals surface area contributed by atoms with Crippen molar-refractivity contribution >= 4 is 11.3 Å². The number of likely N-dealkylation sites (N-methyl/N-ethyl adjacent to an activating group) is 2. The topological polar surface area (TPSA) is 26.7 Å². The van der Waals surface area contributed by atoms with Crippen LogP contribution < -0.4 is 0 Å². The molecule has 3 nitrogen and oxygen atoms in total. The summed E-state index contributed by atoms with van der Waals surface area (Å²) in [4.78, 5) is 6.03. The molecule has 0 radical (unpaired) electrons. The Hall–Kier alpha value is -0.420. The first-order chi connectivity index (χ1) is 8.66. The molecule has 2 atom stereocenters. The first-order valence-electron chi connectivity index (χ1n) is 6.76. The van der Waals surface area contributed by atoms with Crippen LogP contribution in [0.5, 0.6) is 0 Å². The number of hydrogen-bond donors (Lipinski definition) is 1. The molecule has 1 fully saturated rings. The van der Waals surface area contributed by atoms with Crippen molar-refractivity contribution in [2.24, 2.45) is 0 Å². The highest BCUT2D eigenvalue weighted by Gasteiger charge is 2.26. The molecule has 2 unspecified atom stereocenters. The Kier molecular flexibility index (Phi) is 5.18. The zero-order valence-corrected chi connectivity index (χ0v) is 12.2. The van der Waals surface area contributed by atoms with Crippen LogP contribution in [0, 0.1) is 0 Å². The molecule has 1 aromatic rings. The SMILES string of the molecule is CN1CCCN(C)C(C(O)CCc2cccs2)C1. The Morgan fingerprint density at radius 2 is 2.28 bits per heavy atom. The van der Waals surface area contributed by atoms with Crippen molar-refractivity contribution < 1.29 is 5.11 Å². The Balaban J connectivity index is 1.87. The summed E-state index contributed by atoms with van der Waals surface area (Å²) in [7, 11) is 4.29. The van der Waals surface area contributed by atoms with Crippen LogP contribution in [0.15, 0.2) is 17.5 Å². The third-order valence-corrected chi connectivity index (χ3v) is 4.76. The van der Waals surface area contributed by atoms with Gasteiger partial charge in [0.05, 0.1) is 6.10 Å². The van der Waals surface area contributed by atoms with E-state index >= 15 is 0 Å². The third kappa shape index (κ3) is 3.79. The standard InChI is InChI=1S/C14H24N2OS/c1-15-8-4-9-16(2)13(11-15)14(17)7-6-12-5-3-10-18-12/h3,5,10,13-14,17H,4,6-9,11H2,1-2H3. The van der Waals surface area contributed by atoms with Crippen LogP contribution in [0.3, 0.4) is 0 Å². The molecule has 1 N–H and O–H groups in total. The largest absolute Gasteiger partial charge is 0.391 e. The molecule has 1 aliphatic rings. The average molecular weight is 268 g/mol. The van der Waals surface area contributed by atoms with Gasteiger partial charge < -0.3 is 10.0 Å². The molecule has 0 saturated carbocycles. The number of aryl methyl sites for hydroxylation is 1. The van der Waals surface area contributed by atoms with Gasteiger partial charge in [-0.05, 0) is 57.9 Å². The predicted molar refractivity (Wildman–Crippen MR) is 77.2 cm³/mol. The summed E-state index contributed by atoms with van der Waals surface area (Å²) in [6.07, 6.45) is 2.83. The number of aliphatic hydroxyl groups is 1. The zero-order valence-electron chi connectivity index (χ0n) is 11.4. The first-order valence-corrected chi connectivity index (χ1v) is 7.64. The fraction of sp³-hybridized carbons (Fsp3) is 0.714. The second-order valence-corrected chi connectivity index (χ2v) is 6.38. The van der Waals surface area contributed by atoms with Gasteiger partial charge in [-0.1, -0.05) is 6.07 Å². The summed E-state index contributed by atoms with van der Waals surface area (Å²) in [5.74, 6) is 0. The van der Waals surface area contributed by atoms with E-state index in [0.29, 0.717) is 0 Å². The normalized spacial score (nSPS) is 24.9. The lowest BCUT2D eigenvalue weighted by Crippen LogP contribution is -2.46. The van der Waals surface area contributed by atoms with Crippen molar-refractivity contribution in [1.82, 2.24) is 9.80 Å². The number of rotatable bonds is 4. The zero-order chi connectivity index (χ0) is 13.0. The lowest BCUT2D eigenvalue weighted by atomic mass is 10.0. The summed E-state index contributed by atoms with van der Waals surface area (Å²) >= 11 is 1.78. The van der Waals surface area contributed by atoms with Gasteiger partial charge in [0.15, 0.2) is 0 Å². The molecule has 0 amide bonds. The van der Waals surface area contributed by atoms with Crippen LogP contribution in [-0.2, 0) is 6.42 Å². The van der Waals surface area contributed by atoms with Gasteiger partial charge >= 0.3 is 0 Å². The quantitative estimate of drug-likeness (QED) is 0.900. The molecule has 102 valence electrons. The summed E-state index contributed by atoms with van der Waals surface area (Å²) in [6, 6.07) is 4.51. The van der Waals surface area contributed by atoms with E-state index < -0.39 is 0 Å². The number of hydrogen-bond acceptors (Lipinski definition) is 4. The molecule has 18 heavy (non-hydrogen) atoms. The van der Waals surface area contributed by atoms with Crippen LogP contribution >= 0.6 is 11.3 Å². The Bertz CT molecular complexity index is 342. The summed E-state index contributed by atoms with van der Waals surface area (Å²) in [5.41, 5.74) is 0.